The van der Waals surface area contributed by atoms with E-state index in [2.05, 4.69) is 10.6 Å². The molecule has 2 amide bonds. The highest BCUT2D eigenvalue weighted by Crippen LogP contribution is 2.06. The summed E-state index contributed by atoms with van der Waals surface area (Å²) < 4.78 is 0. The van der Waals surface area contributed by atoms with Crippen LogP contribution in [0.25, 0.3) is 0 Å². The summed E-state index contributed by atoms with van der Waals surface area (Å²) in [5.74, 6) is -7.93. The minimum atomic E-state index is -1.29. The number of hydrogen-bond donors (Lipinski definition) is 7. The van der Waals surface area contributed by atoms with Crippen molar-refractivity contribution in [2.24, 2.45) is 0 Å². The average Bonchev–Trinajstić information content (AvgIpc) is 3.01. The molecular weight excluding hydrogens is 646 g/mol. The Morgan fingerprint density at radius 3 is 1.08 bits per heavy atom. The van der Waals surface area contributed by atoms with E-state index in [1.165, 1.54) is 14.7 Å². The van der Waals surface area contributed by atoms with Gasteiger partial charge in [0.15, 0.2) is 0 Å². The SMILES string of the molecule is O=C(O)CN(CCN(CC(=O)O)CC(=O)N[C@H](Cc1ccccc1)C(=O)O)CCN(CC(=O)O)CC(=O)N[C@H](Cc1ccccc1)C(=O)O. The Hall–Kier alpha value is -5.39. The number of hydrogen-bond acceptors (Lipinski definition) is 10. The lowest BCUT2D eigenvalue weighted by molar-refractivity contribution is -0.143. The van der Waals surface area contributed by atoms with Crippen molar-refractivity contribution in [3.05, 3.63) is 71.8 Å². The molecule has 0 bridgehead atoms. The summed E-state index contributed by atoms with van der Waals surface area (Å²) in [5, 5.41) is 52.1. The molecule has 0 radical (unpaired) electrons. The first kappa shape index (κ1) is 39.8. The molecule has 49 heavy (non-hydrogen) atoms. The molecule has 0 unspecified atom stereocenters. The van der Waals surface area contributed by atoms with Crippen molar-refractivity contribution in [3.8, 4) is 0 Å². The summed E-state index contributed by atoms with van der Waals surface area (Å²) in [6.07, 6.45) is -0.0236. The second-order valence-corrected chi connectivity index (χ2v) is 11.2. The normalized spacial score (nSPS) is 12.3. The van der Waals surface area contributed by atoms with Crippen LogP contribution in [0, 0.1) is 0 Å². The zero-order chi connectivity index (χ0) is 36.3. The Bertz CT molecular complexity index is 1330. The molecule has 7 N–H and O–H groups in total. The second kappa shape index (κ2) is 20.8. The van der Waals surface area contributed by atoms with Crippen molar-refractivity contribution in [2.75, 3.05) is 58.9 Å². The molecule has 2 aromatic carbocycles. The van der Waals surface area contributed by atoms with Gasteiger partial charge in [-0.15, -0.1) is 0 Å². The average molecular weight is 688 g/mol. The van der Waals surface area contributed by atoms with Crippen LogP contribution in [0.1, 0.15) is 11.1 Å². The van der Waals surface area contributed by atoms with Gasteiger partial charge in [-0.25, -0.2) is 9.59 Å². The largest absolute Gasteiger partial charge is 0.480 e. The number of carboxylic acid groups (broad SMARTS) is 5. The van der Waals surface area contributed by atoms with Gasteiger partial charge in [-0.1, -0.05) is 60.7 Å². The molecule has 2 rings (SSSR count). The highest BCUT2D eigenvalue weighted by molar-refractivity contribution is 5.86. The Kier molecular flexibility index (Phi) is 16.9. The number of carboxylic acids is 5. The van der Waals surface area contributed by atoms with Gasteiger partial charge >= 0.3 is 29.8 Å². The summed E-state index contributed by atoms with van der Waals surface area (Å²) in [5.41, 5.74) is 1.32. The van der Waals surface area contributed by atoms with Gasteiger partial charge in [0.05, 0.1) is 32.7 Å². The number of nitrogens with zero attached hydrogens (tertiary/aromatic N) is 3. The van der Waals surface area contributed by atoms with E-state index in [0.717, 1.165) is 0 Å². The summed E-state index contributed by atoms with van der Waals surface area (Å²) in [4.78, 5) is 87.4. The Balaban J connectivity index is 2.03. The lowest BCUT2D eigenvalue weighted by Crippen LogP contribution is -2.50. The minimum absolute atomic E-state index is 0.0118. The van der Waals surface area contributed by atoms with Crippen LogP contribution >= 0.6 is 0 Å². The third kappa shape index (κ3) is 16.8. The first-order valence-corrected chi connectivity index (χ1v) is 15.2. The maximum Gasteiger partial charge on any atom is 0.326 e. The fourth-order valence-electron chi connectivity index (χ4n) is 4.82. The zero-order valence-electron chi connectivity index (χ0n) is 26.6. The van der Waals surface area contributed by atoms with E-state index in [4.69, 9.17) is 0 Å². The first-order valence-electron chi connectivity index (χ1n) is 15.2. The van der Waals surface area contributed by atoms with E-state index in [9.17, 15) is 59.1 Å². The predicted octanol–water partition coefficient (Wildman–Crippen LogP) is -1.23. The van der Waals surface area contributed by atoms with Crippen molar-refractivity contribution < 1.29 is 59.1 Å². The maximum atomic E-state index is 12.8. The van der Waals surface area contributed by atoms with Gasteiger partial charge in [-0.3, -0.25) is 38.7 Å². The lowest BCUT2D eigenvalue weighted by Gasteiger charge is -2.28. The first-order chi connectivity index (χ1) is 23.2. The molecule has 0 saturated heterocycles. The molecule has 0 aliphatic heterocycles. The maximum absolute atomic E-state index is 12.8. The Morgan fingerprint density at radius 2 is 0.776 bits per heavy atom. The number of rotatable bonds is 24. The van der Waals surface area contributed by atoms with Gasteiger partial charge in [-0.05, 0) is 11.1 Å². The Labute approximate surface area is 281 Å². The summed E-state index contributed by atoms with van der Waals surface area (Å²) in [6, 6.07) is 14.6. The van der Waals surface area contributed by atoms with Gasteiger partial charge in [0.1, 0.15) is 12.1 Å². The quantitative estimate of drug-likeness (QED) is 0.0682. The van der Waals surface area contributed by atoms with Crippen molar-refractivity contribution >= 4 is 41.7 Å². The standard InChI is InChI=1S/C32H41N5O12/c38-26(33-24(31(46)47)15-22-7-3-1-4-8-22)17-36(20-29(42)43)13-11-35(19-28(40)41)12-14-37(21-30(44)45)18-27(39)34-25(32(48)49)16-23-9-5-2-6-10-23/h1-10,24-25H,11-21H2,(H,33,38)(H,34,39)(H,40,41)(H,42,43)(H,44,45)(H,46,47)(H,48,49)/t24-,25-/m1/s1. The third-order valence-electron chi connectivity index (χ3n) is 7.11. The number of benzene rings is 2. The van der Waals surface area contributed by atoms with E-state index >= 15 is 0 Å². The lowest BCUT2D eigenvalue weighted by atomic mass is 10.1. The van der Waals surface area contributed by atoms with Gasteiger partial charge in [0.25, 0.3) is 0 Å². The van der Waals surface area contributed by atoms with E-state index in [1.807, 2.05) is 0 Å². The van der Waals surface area contributed by atoms with Crippen molar-refractivity contribution in [3.63, 3.8) is 0 Å². The van der Waals surface area contributed by atoms with Gasteiger partial charge in [-0.2, -0.15) is 0 Å². The van der Waals surface area contributed by atoms with E-state index in [0.29, 0.717) is 11.1 Å². The van der Waals surface area contributed by atoms with Gasteiger partial charge in [0.2, 0.25) is 11.8 Å². The number of carbonyl (C=O) groups is 7. The van der Waals surface area contributed by atoms with Crippen LogP contribution in [-0.2, 0) is 46.4 Å². The molecule has 0 heterocycles. The van der Waals surface area contributed by atoms with Crippen LogP contribution < -0.4 is 10.6 Å². The van der Waals surface area contributed by atoms with Crippen LogP contribution in [0.3, 0.4) is 0 Å². The number of amides is 2. The molecule has 0 aliphatic rings. The highest BCUT2D eigenvalue weighted by Gasteiger charge is 2.25. The number of aliphatic carboxylic acids is 5. The minimum Gasteiger partial charge on any atom is -0.480 e. The second-order valence-electron chi connectivity index (χ2n) is 11.2. The van der Waals surface area contributed by atoms with Gasteiger partial charge in [0, 0.05) is 39.0 Å². The van der Waals surface area contributed by atoms with Crippen molar-refractivity contribution in [2.45, 2.75) is 24.9 Å². The molecule has 266 valence electrons. The van der Waals surface area contributed by atoms with Crippen LogP contribution in [0.5, 0.6) is 0 Å². The fourth-order valence-corrected chi connectivity index (χ4v) is 4.82. The fraction of sp³-hybridized carbons (Fsp3) is 0.406. The highest BCUT2D eigenvalue weighted by atomic mass is 16.4. The molecule has 2 aromatic rings. The van der Waals surface area contributed by atoms with Crippen LogP contribution in [0.2, 0.25) is 0 Å². The van der Waals surface area contributed by atoms with Crippen LogP contribution in [0.4, 0.5) is 0 Å². The third-order valence-corrected chi connectivity index (χ3v) is 7.11. The molecule has 2 atom stereocenters. The summed E-state index contributed by atoms with van der Waals surface area (Å²) >= 11 is 0. The molecule has 0 aliphatic carbocycles. The monoisotopic (exact) mass is 687 g/mol. The topological polar surface area (TPSA) is 254 Å². The molecule has 17 heteroatoms. The smallest absolute Gasteiger partial charge is 0.326 e. The van der Waals surface area contributed by atoms with E-state index in [1.54, 1.807) is 60.7 Å². The summed E-state index contributed by atoms with van der Waals surface area (Å²) in [7, 11) is 0. The zero-order valence-corrected chi connectivity index (χ0v) is 26.6. The summed E-state index contributed by atoms with van der Waals surface area (Å²) in [6.45, 7) is -3.26. The molecule has 0 fully saturated rings. The Morgan fingerprint density at radius 1 is 0.469 bits per heavy atom. The molecular formula is C32H41N5O12. The van der Waals surface area contributed by atoms with Crippen molar-refractivity contribution in [1.29, 1.82) is 0 Å². The van der Waals surface area contributed by atoms with Crippen LogP contribution in [-0.4, -0.2) is 153 Å². The molecule has 17 nitrogen and oxygen atoms in total. The van der Waals surface area contributed by atoms with E-state index < -0.39 is 86.5 Å². The molecule has 0 saturated carbocycles. The number of carbonyl (C=O) groups excluding carboxylic acids is 2. The van der Waals surface area contributed by atoms with E-state index in [-0.39, 0.29) is 39.0 Å². The predicted molar refractivity (Wildman–Crippen MR) is 172 cm³/mol. The van der Waals surface area contributed by atoms with Crippen LogP contribution in [0.15, 0.2) is 60.7 Å². The molecule has 0 aromatic heterocycles. The molecule has 0 spiro atoms. The number of nitrogens with one attached hydrogen (secondary N) is 2. The van der Waals surface area contributed by atoms with Gasteiger partial charge < -0.3 is 36.2 Å². The van der Waals surface area contributed by atoms with Crippen molar-refractivity contribution in [1.82, 2.24) is 25.3 Å².